The monoisotopic (exact) mass is 353 g/mol. The zero-order valence-corrected chi connectivity index (χ0v) is 14.7. The van der Waals surface area contributed by atoms with E-state index in [0.29, 0.717) is 10.6 Å². The van der Waals surface area contributed by atoms with Gasteiger partial charge in [-0.15, -0.1) is 0 Å². The number of amides is 1. The van der Waals surface area contributed by atoms with Crippen molar-refractivity contribution in [1.29, 1.82) is 0 Å². The average Bonchev–Trinajstić information content (AvgIpc) is 3.05. The van der Waals surface area contributed by atoms with Crippen LogP contribution in [0.2, 0.25) is 5.02 Å². The van der Waals surface area contributed by atoms with Gasteiger partial charge in [-0.2, -0.15) is 0 Å². The molecule has 4 nitrogen and oxygen atoms in total. The first kappa shape index (κ1) is 16.2. The number of carbonyl (C=O) groups is 1. The Labute approximate surface area is 152 Å². The quantitative estimate of drug-likeness (QED) is 0.778. The summed E-state index contributed by atoms with van der Waals surface area (Å²) in [4.78, 5) is 20.4. The van der Waals surface area contributed by atoms with E-state index in [1.807, 2.05) is 29.2 Å². The van der Waals surface area contributed by atoms with Crippen LogP contribution in [0.3, 0.4) is 0 Å². The van der Waals surface area contributed by atoms with Gasteiger partial charge in [0.15, 0.2) is 0 Å². The van der Waals surface area contributed by atoms with Crippen LogP contribution < -0.4 is 0 Å². The van der Waals surface area contributed by atoms with E-state index in [0.717, 1.165) is 43.6 Å². The summed E-state index contributed by atoms with van der Waals surface area (Å²) >= 11 is 6.09. The van der Waals surface area contributed by atoms with Crippen LogP contribution in [0.25, 0.3) is 10.9 Å². The van der Waals surface area contributed by atoms with Crippen molar-refractivity contribution in [2.75, 3.05) is 26.2 Å². The Hall–Kier alpha value is -2.30. The van der Waals surface area contributed by atoms with E-state index in [-0.39, 0.29) is 5.91 Å². The fourth-order valence-electron chi connectivity index (χ4n) is 3.39. The molecule has 1 amide bonds. The zero-order valence-electron chi connectivity index (χ0n) is 13.9. The maximum atomic E-state index is 12.9. The summed E-state index contributed by atoms with van der Waals surface area (Å²) in [5.41, 5.74) is 2.96. The number of H-pyrrole nitrogens is 1. The van der Waals surface area contributed by atoms with Gasteiger partial charge in [0.1, 0.15) is 0 Å². The van der Waals surface area contributed by atoms with E-state index in [4.69, 9.17) is 11.6 Å². The van der Waals surface area contributed by atoms with Crippen molar-refractivity contribution in [3.8, 4) is 0 Å². The molecule has 3 aromatic rings. The molecule has 1 fully saturated rings. The number of halogens is 1. The van der Waals surface area contributed by atoms with Crippen LogP contribution in [-0.2, 0) is 6.54 Å². The number of nitrogens with zero attached hydrogens (tertiary/aromatic N) is 2. The number of aromatic amines is 1. The first-order valence-corrected chi connectivity index (χ1v) is 8.91. The highest BCUT2D eigenvalue weighted by Crippen LogP contribution is 2.24. The molecule has 1 aliphatic rings. The third kappa shape index (κ3) is 3.41. The Morgan fingerprint density at radius 1 is 1.04 bits per heavy atom. The molecular weight excluding hydrogens is 334 g/mol. The number of hydrogen-bond acceptors (Lipinski definition) is 2. The molecule has 25 heavy (non-hydrogen) atoms. The van der Waals surface area contributed by atoms with Crippen molar-refractivity contribution < 1.29 is 4.79 Å². The summed E-state index contributed by atoms with van der Waals surface area (Å²) in [6, 6.07) is 16.1. The van der Waals surface area contributed by atoms with Gasteiger partial charge >= 0.3 is 0 Å². The molecule has 0 spiro atoms. The number of nitrogens with one attached hydrogen (secondary N) is 1. The highest BCUT2D eigenvalue weighted by atomic mass is 35.5. The zero-order chi connectivity index (χ0) is 17.2. The van der Waals surface area contributed by atoms with Crippen LogP contribution in [0.4, 0.5) is 0 Å². The summed E-state index contributed by atoms with van der Waals surface area (Å²) in [5, 5.41) is 1.54. The van der Waals surface area contributed by atoms with Crippen LogP contribution in [0, 0.1) is 0 Å². The molecule has 0 atom stereocenters. The molecule has 0 saturated carbocycles. The minimum absolute atomic E-state index is 0.0767. The van der Waals surface area contributed by atoms with Crippen LogP contribution >= 0.6 is 11.6 Å². The molecule has 4 rings (SSSR count). The normalized spacial score (nSPS) is 15.6. The minimum Gasteiger partial charge on any atom is -0.360 e. The number of piperazine rings is 1. The molecule has 0 bridgehead atoms. The Morgan fingerprint density at radius 2 is 1.80 bits per heavy atom. The standard InChI is InChI=1S/C20H20ClN3O/c21-16-6-7-19-17(12-16)18(13-22-19)20(25)24-10-8-23(9-11-24)14-15-4-2-1-3-5-15/h1-7,12-13,22H,8-11,14H2. The van der Waals surface area contributed by atoms with Crippen molar-refractivity contribution in [3.05, 3.63) is 70.9 Å². The molecule has 2 aromatic carbocycles. The predicted molar refractivity (Wildman–Crippen MR) is 101 cm³/mol. The molecule has 0 aliphatic carbocycles. The van der Waals surface area contributed by atoms with Crippen LogP contribution in [-0.4, -0.2) is 46.9 Å². The number of hydrogen-bond donors (Lipinski definition) is 1. The average molecular weight is 354 g/mol. The number of carbonyl (C=O) groups excluding carboxylic acids is 1. The minimum atomic E-state index is 0.0767. The summed E-state index contributed by atoms with van der Waals surface area (Å²) in [5.74, 6) is 0.0767. The molecule has 1 saturated heterocycles. The van der Waals surface area contributed by atoms with E-state index in [1.165, 1.54) is 5.56 Å². The van der Waals surface area contributed by atoms with Gasteiger partial charge in [0.2, 0.25) is 0 Å². The lowest BCUT2D eigenvalue weighted by atomic mass is 10.1. The molecule has 2 heterocycles. The molecule has 5 heteroatoms. The molecular formula is C20H20ClN3O. The van der Waals surface area contributed by atoms with Gasteiger partial charge in [-0.05, 0) is 23.8 Å². The first-order valence-electron chi connectivity index (χ1n) is 8.53. The number of rotatable bonds is 3. The summed E-state index contributed by atoms with van der Waals surface area (Å²) in [7, 11) is 0. The second kappa shape index (κ2) is 6.90. The molecule has 128 valence electrons. The van der Waals surface area contributed by atoms with Gasteiger partial charge in [0.05, 0.1) is 5.56 Å². The smallest absolute Gasteiger partial charge is 0.256 e. The lowest BCUT2D eigenvalue weighted by Crippen LogP contribution is -2.48. The van der Waals surface area contributed by atoms with Crippen molar-refractivity contribution in [2.45, 2.75) is 6.54 Å². The van der Waals surface area contributed by atoms with Gasteiger partial charge in [-0.25, -0.2) is 0 Å². The van der Waals surface area contributed by atoms with E-state index >= 15 is 0 Å². The van der Waals surface area contributed by atoms with E-state index in [1.54, 1.807) is 6.20 Å². The maximum Gasteiger partial charge on any atom is 0.256 e. The molecule has 1 aromatic heterocycles. The highest BCUT2D eigenvalue weighted by Gasteiger charge is 2.24. The molecule has 0 unspecified atom stereocenters. The van der Waals surface area contributed by atoms with Gasteiger partial charge in [-0.3, -0.25) is 9.69 Å². The largest absolute Gasteiger partial charge is 0.360 e. The molecule has 1 N–H and O–H groups in total. The Morgan fingerprint density at radius 3 is 2.56 bits per heavy atom. The maximum absolute atomic E-state index is 12.9. The van der Waals surface area contributed by atoms with Gasteiger partial charge in [0.25, 0.3) is 5.91 Å². The number of fused-ring (bicyclic) bond motifs is 1. The predicted octanol–water partition coefficient (Wildman–Crippen LogP) is 3.78. The third-order valence-electron chi connectivity index (χ3n) is 4.78. The van der Waals surface area contributed by atoms with Crippen molar-refractivity contribution in [3.63, 3.8) is 0 Å². The summed E-state index contributed by atoms with van der Waals surface area (Å²) in [6.07, 6.45) is 1.79. The Kier molecular flexibility index (Phi) is 4.47. The lowest BCUT2D eigenvalue weighted by molar-refractivity contribution is 0.0630. The lowest BCUT2D eigenvalue weighted by Gasteiger charge is -2.34. The van der Waals surface area contributed by atoms with Crippen LogP contribution in [0.1, 0.15) is 15.9 Å². The highest BCUT2D eigenvalue weighted by molar-refractivity contribution is 6.31. The van der Waals surface area contributed by atoms with Crippen molar-refractivity contribution in [1.82, 2.24) is 14.8 Å². The third-order valence-corrected chi connectivity index (χ3v) is 5.02. The number of aromatic nitrogens is 1. The van der Waals surface area contributed by atoms with E-state index in [2.05, 4.69) is 34.1 Å². The topological polar surface area (TPSA) is 39.3 Å². The fourth-order valence-corrected chi connectivity index (χ4v) is 3.56. The molecule has 0 radical (unpaired) electrons. The van der Waals surface area contributed by atoms with Crippen molar-refractivity contribution in [2.24, 2.45) is 0 Å². The summed E-state index contributed by atoms with van der Waals surface area (Å²) < 4.78 is 0. The van der Waals surface area contributed by atoms with Crippen LogP contribution in [0.15, 0.2) is 54.7 Å². The molecule has 1 aliphatic heterocycles. The second-order valence-electron chi connectivity index (χ2n) is 6.45. The second-order valence-corrected chi connectivity index (χ2v) is 6.88. The number of benzene rings is 2. The van der Waals surface area contributed by atoms with Gasteiger partial charge in [0, 0.05) is 54.8 Å². The van der Waals surface area contributed by atoms with E-state index in [9.17, 15) is 4.79 Å². The van der Waals surface area contributed by atoms with Gasteiger partial charge in [-0.1, -0.05) is 41.9 Å². The Bertz CT molecular complexity index is 882. The summed E-state index contributed by atoms with van der Waals surface area (Å²) in [6.45, 7) is 4.22. The first-order chi connectivity index (χ1) is 12.2. The van der Waals surface area contributed by atoms with Gasteiger partial charge < -0.3 is 9.88 Å². The Balaban J connectivity index is 1.43. The van der Waals surface area contributed by atoms with E-state index < -0.39 is 0 Å². The van der Waals surface area contributed by atoms with Crippen LogP contribution in [0.5, 0.6) is 0 Å². The SMILES string of the molecule is O=C(c1c[nH]c2ccc(Cl)cc12)N1CCN(Cc2ccccc2)CC1. The van der Waals surface area contributed by atoms with Crippen molar-refractivity contribution >= 4 is 28.4 Å². The fraction of sp³-hybridized carbons (Fsp3) is 0.250.